The third-order valence-electron chi connectivity index (χ3n) is 2.64. The number of benzene rings is 1. The number of anilines is 1. The van der Waals surface area contributed by atoms with Crippen LogP contribution < -0.4 is 5.32 Å². The van der Waals surface area contributed by atoms with Gasteiger partial charge in [-0.05, 0) is 48.3 Å². The van der Waals surface area contributed by atoms with E-state index in [2.05, 4.69) is 63.3 Å². The summed E-state index contributed by atoms with van der Waals surface area (Å²) in [5, 5.41) is 4.14. The van der Waals surface area contributed by atoms with E-state index in [1.165, 1.54) is 16.0 Å². The highest BCUT2D eigenvalue weighted by molar-refractivity contribution is 9.10. The lowest BCUT2D eigenvalue weighted by molar-refractivity contribution is 1.01. The Labute approximate surface area is 126 Å². The molecule has 0 saturated carbocycles. The Bertz CT molecular complexity index is 587. The average Bonchev–Trinajstić information content (AvgIpc) is 2.37. The minimum absolute atomic E-state index is 0.837. The third-order valence-corrected chi connectivity index (χ3v) is 4.83. The van der Waals surface area contributed by atoms with Gasteiger partial charge in [0.1, 0.15) is 17.2 Å². The number of hydrogen-bond donors (Lipinski definition) is 1. The van der Waals surface area contributed by atoms with Crippen LogP contribution in [0.4, 0.5) is 5.82 Å². The molecule has 0 unspecified atom stereocenters. The monoisotopic (exact) mass is 337 g/mol. The Kier molecular flexibility index (Phi) is 4.82. The minimum atomic E-state index is 0.837. The molecule has 5 heteroatoms. The first-order chi connectivity index (χ1) is 9.11. The van der Waals surface area contributed by atoms with Gasteiger partial charge in [0.05, 0.1) is 4.47 Å². The summed E-state index contributed by atoms with van der Waals surface area (Å²) in [6.07, 6.45) is 1.59. The highest BCUT2D eigenvalue weighted by Crippen LogP contribution is 2.36. The second-order valence-corrected chi connectivity index (χ2v) is 6.07. The molecule has 0 aliphatic carbocycles. The van der Waals surface area contributed by atoms with Crippen LogP contribution in [-0.4, -0.2) is 16.5 Å². The van der Waals surface area contributed by atoms with Crippen molar-refractivity contribution in [3.8, 4) is 0 Å². The summed E-state index contributed by atoms with van der Waals surface area (Å²) >= 11 is 5.22. The molecule has 100 valence electrons. The van der Waals surface area contributed by atoms with E-state index in [4.69, 9.17) is 0 Å². The van der Waals surface area contributed by atoms with Gasteiger partial charge in [0.25, 0.3) is 0 Å². The first-order valence-corrected chi connectivity index (χ1v) is 7.72. The van der Waals surface area contributed by atoms with E-state index in [-0.39, 0.29) is 0 Å². The molecule has 0 radical (unpaired) electrons. The van der Waals surface area contributed by atoms with E-state index in [0.717, 1.165) is 21.9 Å². The van der Waals surface area contributed by atoms with Crippen molar-refractivity contribution >= 4 is 33.5 Å². The molecule has 0 fully saturated rings. The molecule has 0 amide bonds. The molecule has 1 heterocycles. The Morgan fingerprint density at radius 2 is 2.05 bits per heavy atom. The number of nitrogens with one attached hydrogen (secondary N) is 1. The van der Waals surface area contributed by atoms with Crippen molar-refractivity contribution in [2.45, 2.75) is 30.7 Å². The van der Waals surface area contributed by atoms with Gasteiger partial charge >= 0.3 is 0 Å². The van der Waals surface area contributed by atoms with Crippen LogP contribution in [0, 0.1) is 13.8 Å². The normalized spacial score (nSPS) is 10.5. The van der Waals surface area contributed by atoms with Crippen LogP contribution in [-0.2, 0) is 0 Å². The summed E-state index contributed by atoms with van der Waals surface area (Å²) in [5.74, 6) is 0.838. The van der Waals surface area contributed by atoms with Crippen molar-refractivity contribution in [3.63, 3.8) is 0 Å². The number of aromatic nitrogens is 2. The van der Waals surface area contributed by atoms with E-state index in [1.807, 2.05) is 6.92 Å². The summed E-state index contributed by atoms with van der Waals surface area (Å²) in [5.41, 5.74) is 2.54. The van der Waals surface area contributed by atoms with Gasteiger partial charge in [-0.15, -0.1) is 0 Å². The predicted molar refractivity (Wildman–Crippen MR) is 83.9 cm³/mol. The summed E-state index contributed by atoms with van der Waals surface area (Å²) in [6.45, 7) is 7.11. The molecule has 2 rings (SSSR count). The Hall–Kier alpha value is -1.07. The second-order valence-electron chi connectivity index (χ2n) is 4.24. The number of aryl methyl sites for hydroxylation is 2. The fourth-order valence-corrected chi connectivity index (χ4v) is 3.17. The lowest BCUT2D eigenvalue weighted by Gasteiger charge is -2.10. The maximum absolute atomic E-state index is 4.34. The SMILES string of the molecule is CCNc1ncnc(Sc2ccc(C)cc2C)c1Br. The maximum atomic E-state index is 4.34. The van der Waals surface area contributed by atoms with Gasteiger partial charge in [0.15, 0.2) is 0 Å². The summed E-state index contributed by atoms with van der Waals surface area (Å²) in [4.78, 5) is 9.78. The zero-order valence-corrected chi connectivity index (χ0v) is 13.6. The van der Waals surface area contributed by atoms with Gasteiger partial charge in [-0.25, -0.2) is 9.97 Å². The Morgan fingerprint density at radius 3 is 2.74 bits per heavy atom. The van der Waals surface area contributed by atoms with Gasteiger partial charge in [0.2, 0.25) is 0 Å². The van der Waals surface area contributed by atoms with Gasteiger partial charge in [-0.2, -0.15) is 0 Å². The molecular formula is C14H16BrN3S. The van der Waals surface area contributed by atoms with Crippen LogP contribution in [0.3, 0.4) is 0 Å². The molecule has 2 aromatic rings. The molecule has 0 bridgehead atoms. The molecule has 3 nitrogen and oxygen atoms in total. The molecule has 0 saturated heterocycles. The topological polar surface area (TPSA) is 37.8 Å². The van der Waals surface area contributed by atoms with Gasteiger partial charge in [-0.1, -0.05) is 29.5 Å². The van der Waals surface area contributed by atoms with Crippen molar-refractivity contribution in [2.75, 3.05) is 11.9 Å². The summed E-state index contributed by atoms with van der Waals surface area (Å²) < 4.78 is 0.918. The van der Waals surface area contributed by atoms with Crippen LogP contribution in [0.25, 0.3) is 0 Å². The Morgan fingerprint density at radius 1 is 1.26 bits per heavy atom. The molecule has 0 aliphatic heterocycles. The first kappa shape index (κ1) is 14.3. The summed E-state index contributed by atoms with van der Waals surface area (Å²) in [6, 6.07) is 6.44. The zero-order valence-electron chi connectivity index (χ0n) is 11.2. The molecule has 1 aromatic carbocycles. The van der Waals surface area contributed by atoms with Crippen LogP contribution in [0.15, 0.2) is 38.9 Å². The number of rotatable bonds is 4. The molecular weight excluding hydrogens is 322 g/mol. The molecule has 0 spiro atoms. The van der Waals surface area contributed by atoms with E-state index in [0.29, 0.717) is 0 Å². The highest BCUT2D eigenvalue weighted by Gasteiger charge is 2.10. The van der Waals surface area contributed by atoms with Crippen molar-refractivity contribution in [2.24, 2.45) is 0 Å². The quantitative estimate of drug-likeness (QED) is 0.837. The van der Waals surface area contributed by atoms with Gasteiger partial charge < -0.3 is 5.32 Å². The van der Waals surface area contributed by atoms with Gasteiger partial charge in [-0.3, -0.25) is 0 Å². The molecule has 19 heavy (non-hydrogen) atoms. The lowest BCUT2D eigenvalue weighted by Crippen LogP contribution is -2.01. The number of halogens is 1. The van der Waals surface area contributed by atoms with E-state index >= 15 is 0 Å². The third kappa shape index (κ3) is 3.48. The summed E-state index contributed by atoms with van der Waals surface area (Å²) in [7, 11) is 0. The van der Waals surface area contributed by atoms with Crippen molar-refractivity contribution in [3.05, 3.63) is 40.1 Å². The smallest absolute Gasteiger partial charge is 0.144 e. The molecule has 0 atom stereocenters. The van der Waals surface area contributed by atoms with Gasteiger partial charge in [0, 0.05) is 11.4 Å². The highest BCUT2D eigenvalue weighted by atomic mass is 79.9. The molecule has 1 N–H and O–H groups in total. The van der Waals surface area contributed by atoms with Crippen molar-refractivity contribution < 1.29 is 0 Å². The van der Waals surface area contributed by atoms with Crippen molar-refractivity contribution in [1.29, 1.82) is 0 Å². The van der Waals surface area contributed by atoms with Crippen LogP contribution in [0.2, 0.25) is 0 Å². The fraction of sp³-hybridized carbons (Fsp3) is 0.286. The Balaban J connectivity index is 2.30. The molecule has 0 aliphatic rings. The predicted octanol–water partition coefficient (Wildman–Crippen LogP) is 4.44. The maximum Gasteiger partial charge on any atom is 0.144 e. The first-order valence-electron chi connectivity index (χ1n) is 6.11. The fourth-order valence-electron chi connectivity index (χ4n) is 1.73. The zero-order chi connectivity index (χ0) is 13.8. The van der Waals surface area contributed by atoms with E-state index in [1.54, 1.807) is 18.1 Å². The minimum Gasteiger partial charge on any atom is -0.369 e. The largest absolute Gasteiger partial charge is 0.369 e. The second kappa shape index (κ2) is 6.39. The standard InChI is InChI=1S/C14H16BrN3S/c1-4-16-13-12(15)14(18-8-17-13)19-11-6-5-9(2)7-10(11)3/h5-8H,4H2,1-3H3,(H,16,17,18). The lowest BCUT2D eigenvalue weighted by atomic mass is 10.2. The van der Waals surface area contributed by atoms with Crippen molar-refractivity contribution in [1.82, 2.24) is 9.97 Å². The van der Waals surface area contributed by atoms with E-state index < -0.39 is 0 Å². The van der Waals surface area contributed by atoms with Crippen LogP contribution in [0.1, 0.15) is 18.1 Å². The van der Waals surface area contributed by atoms with Crippen LogP contribution >= 0.6 is 27.7 Å². The van der Waals surface area contributed by atoms with Crippen LogP contribution in [0.5, 0.6) is 0 Å². The van der Waals surface area contributed by atoms with E-state index in [9.17, 15) is 0 Å². The molecule has 1 aromatic heterocycles. The number of nitrogens with zero attached hydrogens (tertiary/aromatic N) is 2. The average molecular weight is 338 g/mol. The number of hydrogen-bond acceptors (Lipinski definition) is 4.